The van der Waals surface area contributed by atoms with E-state index in [0.717, 1.165) is 11.4 Å². The third-order valence-corrected chi connectivity index (χ3v) is 2.61. The summed E-state index contributed by atoms with van der Waals surface area (Å²) >= 11 is 4.95. The molecule has 0 aliphatic heterocycles. The quantitative estimate of drug-likeness (QED) is 0.824. The molecule has 0 spiro atoms. The van der Waals surface area contributed by atoms with Crippen LogP contribution < -0.4 is 15.8 Å². The maximum atomic E-state index is 5.62. The fourth-order valence-corrected chi connectivity index (χ4v) is 1.78. The molecule has 3 N–H and O–H groups in total. The van der Waals surface area contributed by atoms with Crippen LogP contribution >= 0.6 is 12.2 Å². The van der Waals surface area contributed by atoms with Crippen LogP contribution in [0.2, 0.25) is 0 Å². The number of nitrogens with zero attached hydrogens (tertiary/aromatic N) is 2. The Labute approximate surface area is 123 Å². The summed E-state index contributed by atoms with van der Waals surface area (Å²) in [6, 6.07) is 7.57. The van der Waals surface area contributed by atoms with Crippen molar-refractivity contribution in [3.8, 4) is 5.75 Å². The van der Waals surface area contributed by atoms with Gasteiger partial charge in [-0.3, -0.25) is 0 Å². The molecule has 0 fully saturated rings. The van der Waals surface area contributed by atoms with Crippen molar-refractivity contribution < 1.29 is 4.74 Å². The molecular weight excluding hydrogens is 272 g/mol. The van der Waals surface area contributed by atoms with E-state index in [1.165, 1.54) is 0 Å². The first-order chi connectivity index (χ1) is 9.56. The molecule has 0 amide bonds. The van der Waals surface area contributed by atoms with Crippen molar-refractivity contribution in [2.24, 2.45) is 5.73 Å². The summed E-state index contributed by atoms with van der Waals surface area (Å²) in [5.41, 5.74) is 6.95. The molecule has 20 heavy (non-hydrogen) atoms. The standard InChI is InChI=1S/C14H16N4OS/c1-9(2)19-11-5-3-10(4-6-11)18-14-12(13(15)20)16-7-8-17-14/h3-9H,1-2H3,(H2,15,20)(H,17,18). The van der Waals surface area contributed by atoms with Crippen LogP contribution in [0.5, 0.6) is 5.75 Å². The van der Waals surface area contributed by atoms with E-state index < -0.39 is 0 Å². The van der Waals surface area contributed by atoms with Crippen LogP contribution in [-0.2, 0) is 0 Å². The summed E-state index contributed by atoms with van der Waals surface area (Å²) in [4.78, 5) is 8.52. The second-order valence-electron chi connectivity index (χ2n) is 4.43. The van der Waals surface area contributed by atoms with E-state index in [9.17, 15) is 0 Å². The second-order valence-corrected chi connectivity index (χ2v) is 4.87. The number of nitrogens with two attached hydrogens (primary N) is 1. The Hall–Kier alpha value is -2.21. The van der Waals surface area contributed by atoms with Crippen molar-refractivity contribution in [2.75, 3.05) is 5.32 Å². The Bertz CT molecular complexity index is 598. The summed E-state index contributed by atoms with van der Waals surface area (Å²) < 4.78 is 5.58. The Morgan fingerprint density at radius 2 is 1.85 bits per heavy atom. The lowest BCUT2D eigenvalue weighted by Gasteiger charge is -2.11. The molecule has 1 heterocycles. The van der Waals surface area contributed by atoms with Gasteiger partial charge in [0.15, 0.2) is 5.82 Å². The number of nitrogens with one attached hydrogen (secondary N) is 1. The summed E-state index contributed by atoms with van der Waals surface area (Å²) in [5.74, 6) is 1.36. The van der Waals surface area contributed by atoms with Gasteiger partial charge in [0.2, 0.25) is 0 Å². The van der Waals surface area contributed by atoms with Crippen LogP contribution in [0.25, 0.3) is 0 Å². The molecule has 1 aromatic heterocycles. The molecule has 0 aliphatic rings. The highest BCUT2D eigenvalue weighted by Crippen LogP contribution is 2.20. The van der Waals surface area contributed by atoms with E-state index in [0.29, 0.717) is 11.5 Å². The lowest BCUT2D eigenvalue weighted by molar-refractivity contribution is 0.242. The van der Waals surface area contributed by atoms with Crippen molar-refractivity contribution in [1.29, 1.82) is 0 Å². The Balaban J connectivity index is 2.16. The molecule has 0 aliphatic carbocycles. The van der Waals surface area contributed by atoms with Gasteiger partial charge in [-0.25, -0.2) is 9.97 Å². The lowest BCUT2D eigenvalue weighted by atomic mass is 10.3. The number of thiocarbonyl (C=S) groups is 1. The molecule has 1 aromatic carbocycles. The maximum Gasteiger partial charge on any atom is 0.159 e. The molecule has 6 heteroatoms. The molecule has 2 aromatic rings. The summed E-state index contributed by atoms with van der Waals surface area (Å²) in [6.45, 7) is 3.97. The molecule has 0 saturated carbocycles. The molecule has 0 atom stereocenters. The van der Waals surface area contributed by atoms with Crippen LogP contribution in [0.3, 0.4) is 0 Å². The average molecular weight is 288 g/mol. The number of rotatable bonds is 5. The predicted octanol–water partition coefficient (Wildman–Crippen LogP) is 2.64. The van der Waals surface area contributed by atoms with E-state index >= 15 is 0 Å². The third-order valence-electron chi connectivity index (χ3n) is 2.42. The van der Waals surface area contributed by atoms with Gasteiger partial charge in [-0.15, -0.1) is 0 Å². The number of aromatic nitrogens is 2. The molecule has 0 unspecified atom stereocenters. The van der Waals surface area contributed by atoms with E-state index in [1.807, 2.05) is 38.1 Å². The van der Waals surface area contributed by atoms with Gasteiger partial charge in [-0.2, -0.15) is 0 Å². The number of anilines is 2. The minimum Gasteiger partial charge on any atom is -0.491 e. The zero-order valence-electron chi connectivity index (χ0n) is 11.3. The molecule has 0 saturated heterocycles. The van der Waals surface area contributed by atoms with E-state index in [2.05, 4.69) is 15.3 Å². The summed E-state index contributed by atoms with van der Waals surface area (Å²) in [7, 11) is 0. The molecule has 2 rings (SSSR count). The van der Waals surface area contributed by atoms with Crippen LogP contribution in [0.15, 0.2) is 36.7 Å². The van der Waals surface area contributed by atoms with Gasteiger partial charge in [0.1, 0.15) is 16.4 Å². The van der Waals surface area contributed by atoms with Crippen LogP contribution in [-0.4, -0.2) is 21.1 Å². The van der Waals surface area contributed by atoms with Gasteiger partial charge < -0.3 is 15.8 Å². The Morgan fingerprint density at radius 1 is 1.20 bits per heavy atom. The summed E-state index contributed by atoms with van der Waals surface area (Å²) in [6.07, 6.45) is 3.29. The second kappa shape index (κ2) is 6.29. The fourth-order valence-electron chi connectivity index (χ4n) is 1.64. The lowest BCUT2D eigenvalue weighted by Crippen LogP contribution is -2.14. The average Bonchev–Trinajstić information content (AvgIpc) is 2.41. The highest BCUT2D eigenvalue weighted by Gasteiger charge is 2.08. The van der Waals surface area contributed by atoms with Gasteiger partial charge in [-0.1, -0.05) is 12.2 Å². The normalized spacial score (nSPS) is 10.3. The van der Waals surface area contributed by atoms with Gasteiger partial charge in [-0.05, 0) is 38.1 Å². The van der Waals surface area contributed by atoms with Crippen LogP contribution in [0.1, 0.15) is 19.5 Å². The van der Waals surface area contributed by atoms with Crippen LogP contribution in [0, 0.1) is 0 Å². The van der Waals surface area contributed by atoms with Crippen molar-refractivity contribution in [3.05, 3.63) is 42.4 Å². The SMILES string of the molecule is CC(C)Oc1ccc(Nc2nccnc2C(N)=S)cc1. The topological polar surface area (TPSA) is 73.1 Å². The molecular formula is C14H16N4OS. The fraction of sp³-hybridized carbons (Fsp3) is 0.214. The first-order valence-electron chi connectivity index (χ1n) is 6.21. The van der Waals surface area contributed by atoms with Gasteiger partial charge in [0.05, 0.1) is 6.10 Å². The van der Waals surface area contributed by atoms with Gasteiger partial charge >= 0.3 is 0 Å². The number of ether oxygens (including phenoxy) is 1. The number of hydrogen-bond acceptors (Lipinski definition) is 5. The highest BCUT2D eigenvalue weighted by molar-refractivity contribution is 7.80. The van der Waals surface area contributed by atoms with E-state index in [4.69, 9.17) is 22.7 Å². The molecule has 0 bridgehead atoms. The Morgan fingerprint density at radius 3 is 2.45 bits per heavy atom. The molecule has 0 radical (unpaired) electrons. The monoisotopic (exact) mass is 288 g/mol. The number of benzene rings is 1. The molecule has 104 valence electrons. The minimum absolute atomic E-state index is 0.148. The van der Waals surface area contributed by atoms with E-state index in [1.54, 1.807) is 12.4 Å². The zero-order valence-corrected chi connectivity index (χ0v) is 12.1. The van der Waals surface area contributed by atoms with Crippen molar-refractivity contribution in [2.45, 2.75) is 20.0 Å². The first-order valence-corrected chi connectivity index (χ1v) is 6.61. The largest absolute Gasteiger partial charge is 0.491 e. The highest BCUT2D eigenvalue weighted by atomic mass is 32.1. The van der Waals surface area contributed by atoms with Crippen molar-refractivity contribution in [3.63, 3.8) is 0 Å². The first kappa shape index (κ1) is 14.2. The van der Waals surface area contributed by atoms with Crippen molar-refractivity contribution in [1.82, 2.24) is 9.97 Å². The van der Waals surface area contributed by atoms with Crippen LogP contribution in [0.4, 0.5) is 11.5 Å². The minimum atomic E-state index is 0.148. The van der Waals surface area contributed by atoms with Gasteiger partial charge in [0.25, 0.3) is 0 Å². The molecule has 5 nitrogen and oxygen atoms in total. The van der Waals surface area contributed by atoms with Gasteiger partial charge in [0, 0.05) is 18.1 Å². The van der Waals surface area contributed by atoms with Crippen molar-refractivity contribution >= 4 is 28.7 Å². The van der Waals surface area contributed by atoms with E-state index in [-0.39, 0.29) is 11.1 Å². The zero-order chi connectivity index (χ0) is 14.5. The maximum absolute atomic E-state index is 5.62. The third kappa shape index (κ3) is 3.64. The predicted molar refractivity (Wildman–Crippen MR) is 83.4 cm³/mol. The number of hydrogen-bond donors (Lipinski definition) is 2. The Kier molecular flexibility index (Phi) is 4.47. The smallest absolute Gasteiger partial charge is 0.159 e. The summed E-state index contributed by atoms with van der Waals surface area (Å²) in [5, 5.41) is 3.14.